The summed E-state index contributed by atoms with van der Waals surface area (Å²) < 4.78 is 52.4. The molecule has 0 radical (unpaired) electrons. The van der Waals surface area contributed by atoms with Gasteiger partial charge in [-0.15, -0.1) is 0 Å². The molecule has 19 heavy (non-hydrogen) atoms. The van der Waals surface area contributed by atoms with Gasteiger partial charge >= 0.3 is 5.76 Å². The second kappa shape index (κ2) is 6.81. The Morgan fingerprint density at radius 3 is 2.32 bits per heavy atom. The summed E-state index contributed by atoms with van der Waals surface area (Å²) in [7, 11) is -4.52. The van der Waals surface area contributed by atoms with Gasteiger partial charge in [0.15, 0.2) is 0 Å². The van der Waals surface area contributed by atoms with E-state index < -0.39 is 15.6 Å². The van der Waals surface area contributed by atoms with Gasteiger partial charge in [-0.2, -0.15) is 8.78 Å². The predicted octanol–water partition coefficient (Wildman–Crippen LogP) is 2.52. The Morgan fingerprint density at radius 2 is 1.84 bits per heavy atom. The third kappa shape index (κ3) is 4.43. The van der Waals surface area contributed by atoms with Crippen LogP contribution in [0.4, 0.5) is 14.5 Å². The van der Waals surface area contributed by atoms with Crippen molar-refractivity contribution in [3.05, 3.63) is 24.3 Å². The average Bonchev–Trinajstić information content (AvgIpc) is 2.37. The number of benzene rings is 1. The molecule has 0 aromatic heterocycles. The SMILES string of the molecule is CCOC(C)CNc1ccc(S(=O)(=O)C(F)F)cc1. The van der Waals surface area contributed by atoms with Gasteiger partial charge in [-0.05, 0) is 38.1 Å². The van der Waals surface area contributed by atoms with Crippen LogP contribution in [0.3, 0.4) is 0 Å². The summed E-state index contributed by atoms with van der Waals surface area (Å²) in [5, 5.41) is 3.03. The van der Waals surface area contributed by atoms with E-state index in [1.807, 2.05) is 13.8 Å². The standard InChI is InChI=1S/C12H17F2NO3S/c1-3-18-9(2)8-15-10-4-6-11(7-5-10)19(16,17)12(13)14/h4-7,9,12,15H,3,8H2,1-2H3. The molecule has 0 saturated heterocycles. The summed E-state index contributed by atoms with van der Waals surface area (Å²) in [5.41, 5.74) is 0.653. The fourth-order valence-corrected chi connectivity index (χ4v) is 2.19. The molecule has 108 valence electrons. The van der Waals surface area contributed by atoms with Crippen LogP contribution in [0.15, 0.2) is 29.2 Å². The molecule has 0 heterocycles. The zero-order chi connectivity index (χ0) is 14.5. The molecule has 1 rings (SSSR count). The van der Waals surface area contributed by atoms with E-state index in [4.69, 9.17) is 4.74 Å². The van der Waals surface area contributed by atoms with Crippen LogP contribution in [0.25, 0.3) is 0 Å². The van der Waals surface area contributed by atoms with Gasteiger partial charge in [-0.1, -0.05) is 0 Å². The third-order valence-corrected chi connectivity index (χ3v) is 3.86. The van der Waals surface area contributed by atoms with Gasteiger partial charge in [0.1, 0.15) is 0 Å². The molecule has 1 aromatic carbocycles. The Labute approximate surface area is 111 Å². The van der Waals surface area contributed by atoms with Crippen LogP contribution < -0.4 is 5.32 Å². The molecule has 4 nitrogen and oxygen atoms in total. The molecule has 0 aliphatic rings. The van der Waals surface area contributed by atoms with Crippen LogP contribution in [0.2, 0.25) is 0 Å². The van der Waals surface area contributed by atoms with E-state index in [2.05, 4.69) is 5.32 Å². The van der Waals surface area contributed by atoms with Crippen molar-refractivity contribution in [1.82, 2.24) is 0 Å². The molecule has 0 bridgehead atoms. The number of ether oxygens (including phenoxy) is 1. The van der Waals surface area contributed by atoms with Crippen LogP contribution in [0, 0.1) is 0 Å². The van der Waals surface area contributed by atoms with E-state index >= 15 is 0 Å². The second-order valence-corrected chi connectivity index (χ2v) is 5.89. The van der Waals surface area contributed by atoms with E-state index in [1.54, 1.807) is 0 Å². The first kappa shape index (κ1) is 15.8. The van der Waals surface area contributed by atoms with E-state index in [9.17, 15) is 17.2 Å². The first-order valence-electron chi connectivity index (χ1n) is 5.85. The highest BCUT2D eigenvalue weighted by Gasteiger charge is 2.26. The van der Waals surface area contributed by atoms with Crippen molar-refractivity contribution in [3.63, 3.8) is 0 Å². The minimum atomic E-state index is -4.52. The summed E-state index contributed by atoms with van der Waals surface area (Å²) >= 11 is 0. The normalized spacial score (nSPS) is 13.5. The van der Waals surface area contributed by atoms with Gasteiger partial charge in [0.2, 0.25) is 9.84 Å². The lowest BCUT2D eigenvalue weighted by atomic mass is 10.3. The van der Waals surface area contributed by atoms with Crippen molar-refractivity contribution in [1.29, 1.82) is 0 Å². The molecule has 1 aromatic rings. The monoisotopic (exact) mass is 293 g/mol. The highest BCUT2D eigenvalue weighted by Crippen LogP contribution is 2.20. The molecule has 0 saturated carbocycles. The fraction of sp³-hybridized carbons (Fsp3) is 0.500. The molecule has 0 aliphatic heterocycles. The quantitative estimate of drug-likeness (QED) is 0.839. The van der Waals surface area contributed by atoms with Crippen molar-refractivity contribution in [2.24, 2.45) is 0 Å². The van der Waals surface area contributed by atoms with Crippen molar-refractivity contribution in [3.8, 4) is 0 Å². The van der Waals surface area contributed by atoms with Crippen LogP contribution in [0.1, 0.15) is 13.8 Å². The molecule has 1 unspecified atom stereocenters. The maximum absolute atomic E-state index is 12.3. The third-order valence-electron chi connectivity index (χ3n) is 2.46. The van der Waals surface area contributed by atoms with Gasteiger partial charge in [-0.25, -0.2) is 8.42 Å². The lowest BCUT2D eigenvalue weighted by Crippen LogP contribution is -2.19. The van der Waals surface area contributed by atoms with Crippen LogP contribution in [-0.4, -0.2) is 33.4 Å². The molecule has 7 heteroatoms. The first-order valence-corrected chi connectivity index (χ1v) is 7.40. The van der Waals surface area contributed by atoms with Crippen molar-refractivity contribution >= 4 is 15.5 Å². The summed E-state index contributed by atoms with van der Waals surface area (Å²) in [6, 6.07) is 5.23. The topological polar surface area (TPSA) is 55.4 Å². The smallest absolute Gasteiger partial charge is 0.341 e. The zero-order valence-corrected chi connectivity index (χ0v) is 11.6. The van der Waals surface area contributed by atoms with Crippen LogP contribution in [0.5, 0.6) is 0 Å². The summed E-state index contributed by atoms with van der Waals surface area (Å²) in [6.07, 6.45) is 0.00877. The van der Waals surface area contributed by atoms with Gasteiger partial charge in [-0.3, -0.25) is 0 Å². The molecule has 1 N–H and O–H groups in total. The second-order valence-electron chi connectivity index (χ2n) is 3.98. The minimum absolute atomic E-state index is 0.00877. The largest absolute Gasteiger partial charge is 0.382 e. The molecular weight excluding hydrogens is 276 g/mol. The Hall–Kier alpha value is -1.21. The molecule has 0 spiro atoms. The van der Waals surface area contributed by atoms with Gasteiger partial charge in [0.25, 0.3) is 0 Å². The minimum Gasteiger partial charge on any atom is -0.382 e. The van der Waals surface area contributed by atoms with E-state index in [0.717, 1.165) is 12.1 Å². The van der Waals surface area contributed by atoms with Crippen molar-refractivity contribution < 1.29 is 21.9 Å². The maximum Gasteiger partial charge on any atom is 0.341 e. The van der Waals surface area contributed by atoms with Gasteiger partial charge in [0.05, 0.1) is 11.0 Å². The summed E-state index contributed by atoms with van der Waals surface area (Å²) in [4.78, 5) is -0.383. The van der Waals surface area contributed by atoms with E-state index in [0.29, 0.717) is 18.8 Å². The lowest BCUT2D eigenvalue weighted by molar-refractivity contribution is 0.0855. The van der Waals surface area contributed by atoms with Crippen LogP contribution >= 0.6 is 0 Å². The molecular formula is C12H17F2NO3S. The molecule has 0 fully saturated rings. The van der Waals surface area contributed by atoms with E-state index in [-0.39, 0.29) is 11.0 Å². The summed E-state index contributed by atoms with van der Waals surface area (Å²) in [6.45, 7) is 4.94. The maximum atomic E-state index is 12.3. The number of anilines is 1. The van der Waals surface area contributed by atoms with Crippen LogP contribution in [-0.2, 0) is 14.6 Å². The average molecular weight is 293 g/mol. The number of halogens is 2. The first-order chi connectivity index (χ1) is 8.87. The number of nitrogens with one attached hydrogen (secondary N) is 1. The number of hydrogen-bond donors (Lipinski definition) is 1. The summed E-state index contributed by atoms with van der Waals surface area (Å²) in [5.74, 6) is -3.40. The lowest BCUT2D eigenvalue weighted by Gasteiger charge is -2.13. The van der Waals surface area contributed by atoms with E-state index in [1.165, 1.54) is 12.1 Å². The van der Waals surface area contributed by atoms with Gasteiger partial charge < -0.3 is 10.1 Å². The fourth-order valence-electron chi connectivity index (χ4n) is 1.47. The van der Waals surface area contributed by atoms with Crippen molar-refractivity contribution in [2.45, 2.75) is 30.6 Å². The number of sulfone groups is 1. The zero-order valence-electron chi connectivity index (χ0n) is 10.8. The molecule has 0 amide bonds. The Morgan fingerprint density at radius 1 is 1.26 bits per heavy atom. The molecule has 1 atom stereocenters. The highest BCUT2D eigenvalue weighted by molar-refractivity contribution is 7.91. The number of rotatable bonds is 7. The highest BCUT2D eigenvalue weighted by atomic mass is 32.2. The van der Waals surface area contributed by atoms with Gasteiger partial charge in [0, 0.05) is 18.8 Å². The molecule has 0 aliphatic carbocycles. The Kier molecular flexibility index (Phi) is 5.68. The number of hydrogen-bond acceptors (Lipinski definition) is 4. The predicted molar refractivity (Wildman–Crippen MR) is 69.2 cm³/mol. The Bertz CT molecular complexity index is 488. The number of alkyl halides is 2. The Balaban J connectivity index is 2.67. The van der Waals surface area contributed by atoms with Crippen molar-refractivity contribution in [2.75, 3.05) is 18.5 Å².